The van der Waals surface area contributed by atoms with E-state index in [0.717, 1.165) is 0 Å². The van der Waals surface area contributed by atoms with Crippen LogP contribution in [0.3, 0.4) is 0 Å². The number of carbonyl (C=O) groups is 2. The van der Waals surface area contributed by atoms with Gasteiger partial charge in [0.1, 0.15) is 5.75 Å². The van der Waals surface area contributed by atoms with Crippen LogP contribution in [0.4, 0.5) is 0 Å². The number of hydrogen-bond donors (Lipinski definition) is 0. The van der Waals surface area contributed by atoms with Gasteiger partial charge in [-0.05, 0) is 13.0 Å². The van der Waals surface area contributed by atoms with Gasteiger partial charge in [0.2, 0.25) is 5.78 Å². The third kappa shape index (κ3) is 3.08. The number of benzene rings is 1. The van der Waals surface area contributed by atoms with Crippen molar-refractivity contribution in [3.8, 4) is 5.75 Å². The molecule has 1 aromatic rings. The van der Waals surface area contributed by atoms with Crippen LogP contribution < -0.4 is 4.74 Å². The summed E-state index contributed by atoms with van der Waals surface area (Å²) in [6.45, 7) is 2.38. The second-order valence-electron chi connectivity index (χ2n) is 3.13. The maximum absolute atomic E-state index is 11.4. The van der Waals surface area contributed by atoms with E-state index in [4.69, 9.17) is 4.74 Å². The first-order valence-electron chi connectivity index (χ1n) is 5.00. The van der Waals surface area contributed by atoms with Gasteiger partial charge in [0.25, 0.3) is 0 Å². The van der Waals surface area contributed by atoms with Crippen LogP contribution >= 0.6 is 0 Å². The third-order valence-corrected chi connectivity index (χ3v) is 2.04. The third-order valence-electron chi connectivity index (χ3n) is 2.04. The predicted octanol–water partition coefficient (Wildman–Crippen LogP) is 1.37. The minimum absolute atomic E-state index is 0.00282. The van der Waals surface area contributed by atoms with Crippen LogP contribution in [-0.2, 0) is 20.7 Å². The van der Waals surface area contributed by atoms with Crippen molar-refractivity contribution in [2.75, 3.05) is 13.7 Å². The van der Waals surface area contributed by atoms with Crippen molar-refractivity contribution in [1.82, 2.24) is 0 Å². The van der Waals surface area contributed by atoms with E-state index < -0.39 is 11.8 Å². The van der Waals surface area contributed by atoms with E-state index in [9.17, 15) is 9.59 Å². The lowest BCUT2D eigenvalue weighted by Gasteiger charge is -2.08. The first kappa shape index (κ1) is 12.2. The van der Waals surface area contributed by atoms with Crippen LogP contribution in [-0.4, -0.2) is 25.5 Å². The van der Waals surface area contributed by atoms with Crippen LogP contribution in [0.25, 0.3) is 0 Å². The molecular weight excluding hydrogens is 208 g/mol. The van der Waals surface area contributed by atoms with Gasteiger partial charge in [-0.15, -0.1) is 0 Å². The number of esters is 1. The molecule has 0 aliphatic heterocycles. The average molecular weight is 222 g/mol. The monoisotopic (exact) mass is 222 g/mol. The van der Waals surface area contributed by atoms with Crippen molar-refractivity contribution >= 4 is 11.8 Å². The molecule has 86 valence electrons. The second-order valence-corrected chi connectivity index (χ2v) is 3.13. The molecule has 0 bridgehead atoms. The summed E-state index contributed by atoms with van der Waals surface area (Å²) >= 11 is 0. The average Bonchev–Trinajstić information content (AvgIpc) is 2.31. The number of ketones is 1. The molecule has 0 atom stereocenters. The number of rotatable bonds is 5. The van der Waals surface area contributed by atoms with Crippen molar-refractivity contribution in [2.45, 2.75) is 13.3 Å². The normalized spacial score (nSPS) is 9.62. The SMILES string of the molecule is CCOc1ccccc1CC(=O)C(=O)OC. The van der Waals surface area contributed by atoms with E-state index in [1.54, 1.807) is 18.2 Å². The number of ether oxygens (including phenoxy) is 2. The number of para-hydroxylation sites is 1. The van der Waals surface area contributed by atoms with Gasteiger partial charge >= 0.3 is 5.97 Å². The van der Waals surface area contributed by atoms with Gasteiger partial charge < -0.3 is 9.47 Å². The van der Waals surface area contributed by atoms with Crippen molar-refractivity contribution < 1.29 is 19.1 Å². The van der Waals surface area contributed by atoms with Crippen molar-refractivity contribution in [3.63, 3.8) is 0 Å². The van der Waals surface area contributed by atoms with Crippen LogP contribution in [0.5, 0.6) is 5.75 Å². The standard InChI is InChI=1S/C12H14O4/c1-3-16-11-7-5-4-6-9(11)8-10(13)12(14)15-2/h4-7H,3,8H2,1-2H3. The Labute approximate surface area is 94.2 Å². The van der Waals surface area contributed by atoms with E-state index in [1.165, 1.54) is 7.11 Å². The summed E-state index contributed by atoms with van der Waals surface area (Å²) in [4.78, 5) is 22.3. The van der Waals surface area contributed by atoms with Crippen molar-refractivity contribution in [3.05, 3.63) is 29.8 Å². The van der Waals surface area contributed by atoms with E-state index in [-0.39, 0.29) is 6.42 Å². The highest BCUT2D eigenvalue weighted by Gasteiger charge is 2.16. The fourth-order valence-electron chi connectivity index (χ4n) is 1.31. The second kappa shape index (κ2) is 5.90. The lowest BCUT2D eigenvalue weighted by molar-refractivity contribution is -0.151. The molecule has 0 aliphatic rings. The molecule has 0 saturated carbocycles. The molecule has 0 aliphatic carbocycles. The summed E-state index contributed by atoms with van der Waals surface area (Å²) in [6.07, 6.45) is 0.00282. The molecule has 4 nitrogen and oxygen atoms in total. The molecule has 0 N–H and O–H groups in total. The maximum atomic E-state index is 11.4. The molecule has 0 fully saturated rings. The van der Waals surface area contributed by atoms with E-state index in [0.29, 0.717) is 17.9 Å². The highest BCUT2D eigenvalue weighted by atomic mass is 16.5. The summed E-state index contributed by atoms with van der Waals surface area (Å²) in [7, 11) is 1.19. The van der Waals surface area contributed by atoms with Gasteiger partial charge in [-0.1, -0.05) is 18.2 Å². The lowest BCUT2D eigenvalue weighted by Crippen LogP contribution is -2.18. The quantitative estimate of drug-likeness (QED) is 0.557. The Morgan fingerprint density at radius 1 is 1.25 bits per heavy atom. The lowest BCUT2D eigenvalue weighted by atomic mass is 10.1. The zero-order chi connectivity index (χ0) is 12.0. The highest BCUT2D eigenvalue weighted by Crippen LogP contribution is 2.18. The first-order chi connectivity index (χ1) is 7.69. The van der Waals surface area contributed by atoms with Crippen molar-refractivity contribution in [1.29, 1.82) is 0 Å². The Hall–Kier alpha value is -1.84. The summed E-state index contributed by atoms with van der Waals surface area (Å²) in [5.74, 6) is -0.775. The van der Waals surface area contributed by atoms with Gasteiger partial charge in [0, 0.05) is 12.0 Å². The molecule has 0 heterocycles. The minimum atomic E-state index is -0.827. The van der Waals surface area contributed by atoms with Crippen molar-refractivity contribution in [2.24, 2.45) is 0 Å². The summed E-state index contributed by atoms with van der Waals surface area (Å²) in [6, 6.07) is 7.13. The van der Waals surface area contributed by atoms with Crippen LogP contribution in [0.1, 0.15) is 12.5 Å². The first-order valence-corrected chi connectivity index (χ1v) is 5.00. The zero-order valence-electron chi connectivity index (χ0n) is 9.36. The van der Waals surface area contributed by atoms with Gasteiger partial charge in [-0.25, -0.2) is 4.79 Å². The molecule has 16 heavy (non-hydrogen) atoms. The molecule has 0 saturated heterocycles. The molecule has 1 aromatic carbocycles. The van der Waals surface area contributed by atoms with E-state index in [2.05, 4.69) is 4.74 Å². The molecule has 1 rings (SSSR count). The number of hydrogen-bond acceptors (Lipinski definition) is 4. The van der Waals surface area contributed by atoms with Gasteiger partial charge in [0.05, 0.1) is 13.7 Å². The van der Waals surface area contributed by atoms with Gasteiger partial charge in [0.15, 0.2) is 0 Å². The predicted molar refractivity (Wildman–Crippen MR) is 58.3 cm³/mol. The topological polar surface area (TPSA) is 52.6 Å². The minimum Gasteiger partial charge on any atom is -0.494 e. The molecule has 0 radical (unpaired) electrons. The number of Topliss-reactive ketones (excluding diaryl/α,β-unsaturated/α-hetero) is 1. The van der Waals surface area contributed by atoms with E-state index >= 15 is 0 Å². The largest absolute Gasteiger partial charge is 0.494 e. The fraction of sp³-hybridized carbons (Fsp3) is 0.333. The Bertz CT molecular complexity index is 384. The molecule has 0 amide bonds. The van der Waals surface area contributed by atoms with Crippen LogP contribution in [0.15, 0.2) is 24.3 Å². The summed E-state index contributed by atoms with van der Waals surface area (Å²) < 4.78 is 9.70. The van der Waals surface area contributed by atoms with Crippen LogP contribution in [0.2, 0.25) is 0 Å². The number of methoxy groups -OCH3 is 1. The molecular formula is C12H14O4. The van der Waals surface area contributed by atoms with Gasteiger partial charge in [-0.2, -0.15) is 0 Å². The molecule has 0 unspecified atom stereocenters. The van der Waals surface area contributed by atoms with Crippen LogP contribution in [0, 0.1) is 0 Å². The summed E-state index contributed by atoms with van der Waals surface area (Å²) in [5.41, 5.74) is 0.694. The highest BCUT2D eigenvalue weighted by molar-refractivity contribution is 6.34. The summed E-state index contributed by atoms with van der Waals surface area (Å²) in [5, 5.41) is 0. The zero-order valence-corrected chi connectivity index (χ0v) is 9.36. The Morgan fingerprint density at radius 2 is 1.94 bits per heavy atom. The van der Waals surface area contributed by atoms with Gasteiger partial charge in [-0.3, -0.25) is 4.79 Å². The Morgan fingerprint density at radius 3 is 2.56 bits per heavy atom. The molecule has 0 aromatic heterocycles. The molecule has 0 spiro atoms. The maximum Gasteiger partial charge on any atom is 0.374 e. The Kier molecular flexibility index (Phi) is 4.51. The fourth-order valence-corrected chi connectivity index (χ4v) is 1.31. The smallest absolute Gasteiger partial charge is 0.374 e. The Balaban J connectivity index is 2.80. The number of carbonyl (C=O) groups excluding carboxylic acids is 2. The van der Waals surface area contributed by atoms with E-state index in [1.807, 2.05) is 13.0 Å². The molecule has 4 heteroatoms.